The van der Waals surface area contributed by atoms with Gasteiger partial charge in [0.2, 0.25) is 5.91 Å². The number of ether oxygens (including phenoxy) is 1. The number of hydrogen-bond acceptors (Lipinski definition) is 4. The Bertz CT molecular complexity index is 818. The van der Waals surface area contributed by atoms with E-state index in [1.54, 1.807) is 26.0 Å². The van der Waals surface area contributed by atoms with Gasteiger partial charge >= 0.3 is 5.97 Å². The topological polar surface area (TPSA) is 84.5 Å². The molecule has 1 unspecified atom stereocenters. The van der Waals surface area contributed by atoms with Crippen LogP contribution in [-0.4, -0.2) is 30.4 Å². The summed E-state index contributed by atoms with van der Waals surface area (Å²) in [6.07, 6.45) is -0.215. The van der Waals surface area contributed by atoms with Gasteiger partial charge in [0, 0.05) is 5.56 Å². The molecule has 1 atom stereocenters. The van der Waals surface area contributed by atoms with Crippen LogP contribution in [0, 0.1) is 6.92 Å². The number of hydrogen-bond donors (Lipinski definition) is 2. The Labute approximate surface area is 165 Å². The molecule has 0 spiro atoms. The highest BCUT2D eigenvalue weighted by Crippen LogP contribution is 2.17. The van der Waals surface area contributed by atoms with E-state index in [1.165, 1.54) is 0 Å². The molecule has 0 aliphatic carbocycles. The molecule has 2 rings (SSSR count). The van der Waals surface area contributed by atoms with Gasteiger partial charge in [-0.25, -0.2) is 0 Å². The summed E-state index contributed by atoms with van der Waals surface area (Å²) in [6, 6.07) is 15.8. The first-order valence-corrected chi connectivity index (χ1v) is 9.24. The summed E-state index contributed by atoms with van der Waals surface area (Å²) in [5.41, 5.74) is 2.15. The molecule has 6 nitrogen and oxygen atoms in total. The molecule has 2 aromatic rings. The number of rotatable bonds is 8. The molecule has 2 aromatic carbocycles. The van der Waals surface area contributed by atoms with E-state index in [4.69, 9.17) is 4.74 Å². The SMILES string of the molecule is Cc1ccccc1C(=O)NCC(=O)NC(CC(=O)OC(C)C)c1ccccc1. The van der Waals surface area contributed by atoms with Gasteiger partial charge in [-0.05, 0) is 38.0 Å². The first-order chi connectivity index (χ1) is 13.4. The molecule has 2 N–H and O–H groups in total. The van der Waals surface area contributed by atoms with Gasteiger partial charge in [-0.1, -0.05) is 48.5 Å². The Balaban J connectivity index is 1.98. The Kier molecular flexibility index (Phi) is 7.75. The Morgan fingerprint density at radius 3 is 2.25 bits per heavy atom. The van der Waals surface area contributed by atoms with Gasteiger partial charge in [0.25, 0.3) is 5.91 Å². The van der Waals surface area contributed by atoms with Crippen LogP contribution < -0.4 is 10.6 Å². The molecule has 0 bridgehead atoms. The summed E-state index contributed by atoms with van der Waals surface area (Å²) >= 11 is 0. The normalized spacial score (nSPS) is 11.6. The smallest absolute Gasteiger partial charge is 0.308 e. The quantitative estimate of drug-likeness (QED) is 0.688. The molecular formula is C22H26N2O4. The molecule has 0 saturated heterocycles. The second-order valence-electron chi connectivity index (χ2n) is 6.77. The average Bonchev–Trinajstić information content (AvgIpc) is 2.66. The summed E-state index contributed by atoms with van der Waals surface area (Å²) in [5.74, 6) is -1.09. The second kappa shape index (κ2) is 10.3. The molecule has 28 heavy (non-hydrogen) atoms. The average molecular weight is 382 g/mol. The Morgan fingerprint density at radius 2 is 1.61 bits per heavy atom. The fraction of sp³-hybridized carbons (Fsp3) is 0.318. The predicted molar refractivity (Wildman–Crippen MR) is 107 cm³/mol. The van der Waals surface area contributed by atoms with Crippen molar-refractivity contribution in [1.82, 2.24) is 10.6 Å². The molecule has 0 radical (unpaired) electrons. The minimum atomic E-state index is -0.532. The Morgan fingerprint density at radius 1 is 0.964 bits per heavy atom. The molecule has 148 valence electrons. The molecular weight excluding hydrogens is 356 g/mol. The standard InChI is InChI=1S/C22H26N2O4/c1-15(2)28-21(26)13-19(17-10-5-4-6-11-17)24-20(25)14-23-22(27)18-12-8-7-9-16(18)3/h4-12,15,19H,13-14H2,1-3H3,(H,23,27)(H,24,25). The van der Waals surface area contributed by atoms with E-state index >= 15 is 0 Å². The van der Waals surface area contributed by atoms with Gasteiger partial charge in [0.15, 0.2) is 0 Å². The maximum Gasteiger partial charge on any atom is 0.308 e. The van der Waals surface area contributed by atoms with Crippen molar-refractivity contribution in [1.29, 1.82) is 0 Å². The molecule has 0 heterocycles. The van der Waals surface area contributed by atoms with Crippen molar-refractivity contribution >= 4 is 17.8 Å². The first kappa shape index (κ1) is 21.2. The fourth-order valence-corrected chi connectivity index (χ4v) is 2.74. The van der Waals surface area contributed by atoms with Crippen molar-refractivity contribution in [3.8, 4) is 0 Å². The van der Waals surface area contributed by atoms with E-state index in [2.05, 4.69) is 10.6 Å². The van der Waals surface area contributed by atoms with Crippen molar-refractivity contribution < 1.29 is 19.1 Å². The van der Waals surface area contributed by atoms with Crippen LogP contribution in [0.5, 0.6) is 0 Å². The van der Waals surface area contributed by atoms with Crippen LogP contribution in [0.4, 0.5) is 0 Å². The molecule has 2 amide bonds. The van der Waals surface area contributed by atoms with E-state index in [0.29, 0.717) is 5.56 Å². The van der Waals surface area contributed by atoms with Crippen molar-refractivity contribution in [2.24, 2.45) is 0 Å². The van der Waals surface area contributed by atoms with Crippen LogP contribution in [0.1, 0.15) is 47.8 Å². The van der Waals surface area contributed by atoms with E-state index < -0.39 is 12.0 Å². The van der Waals surface area contributed by atoms with Gasteiger partial charge in [0.1, 0.15) is 0 Å². The summed E-state index contributed by atoms with van der Waals surface area (Å²) in [7, 11) is 0. The highest BCUT2D eigenvalue weighted by Gasteiger charge is 2.20. The third-order valence-corrected chi connectivity index (χ3v) is 4.07. The highest BCUT2D eigenvalue weighted by atomic mass is 16.5. The molecule has 0 fully saturated rings. The van der Waals surface area contributed by atoms with Gasteiger partial charge < -0.3 is 15.4 Å². The zero-order valence-electron chi connectivity index (χ0n) is 16.4. The van der Waals surface area contributed by atoms with Crippen LogP contribution in [0.3, 0.4) is 0 Å². The lowest BCUT2D eigenvalue weighted by Gasteiger charge is -2.19. The van der Waals surface area contributed by atoms with Gasteiger partial charge in [-0.15, -0.1) is 0 Å². The lowest BCUT2D eigenvalue weighted by atomic mass is 10.0. The van der Waals surface area contributed by atoms with Crippen molar-refractivity contribution in [3.63, 3.8) is 0 Å². The summed E-state index contributed by atoms with van der Waals surface area (Å²) in [4.78, 5) is 36.7. The number of carbonyl (C=O) groups is 3. The predicted octanol–water partition coefficient (Wildman–Crippen LogP) is 2.92. The van der Waals surface area contributed by atoms with E-state index in [9.17, 15) is 14.4 Å². The summed E-state index contributed by atoms with van der Waals surface area (Å²) < 4.78 is 5.19. The monoisotopic (exact) mass is 382 g/mol. The fourth-order valence-electron chi connectivity index (χ4n) is 2.74. The second-order valence-corrected chi connectivity index (χ2v) is 6.77. The number of amides is 2. The number of aryl methyl sites for hydroxylation is 1. The number of esters is 1. The maximum atomic E-state index is 12.4. The number of carbonyl (C=O) groups excluding carboxylic acids is 3. The van der Waals surface area contributed by atoms with Crippen LogP contribution in [0.15, 0.2) is 54.6 Å². The lowest BCUT2D eigenvalue weighted by Crippen LogP contribution is -2.39. The van der Waals surface area contributed by atoms with Crippen LogP contribution in [-0.2, 0) is 14.3 Å². The molecule has 0 aromatic heterocycles. The van der Waals surface area contributed by atoms with Gasteiger partial charge in [-0.3, -0.25) is 14.4 Å². The highest BCUT2D eigenvalue weighted by molar-refractivity contribution is 5.97. The first-order valence-electron chi connectivity index (χ1n) is 9.24. The van der Waals surface area contributed by atoms with E-state index in [0.717, 1.165) is 11.1 Å². The van der Waals surface area contributed by atoms with Crippen molar-refractivity contribution in [2.45, 2.75) is 39.3 Å². The van der Waals surface area contributed by atoms with Crippen LogP contribution in [0.2, 0.25) is 0 Å². The minimum absolute atomic E-state index is 0.0136. The number of benzene rings is 2. The molecule has 0 saturated carbocycles. The Hall–Kier alpha value is -3.15. The van der Waals surface area contributed by atoms with E-state index in [-0.39, 0.29) is 30.9 Å². The maximum absolute atomic E-state index is 12.4. The largest absolute Gasteiger partial charge is 0.463 e. The molecule has 0 aliphatic heterocycles. The van der Waals surface area contributed by atoms with Crippen LogP contribution in [0.25, 0.3) is 0 Å². The lowest BCUT2D eigenvalue weighted by molar-refractivity contribution is -0.148. The number of nitrogens with one attached hydrogen (secondary N) is 2. The van der Waals surface area contributed by atoms with Crippen molar-refractivity contribution in [3.05, 3.63) is 71.3 Å². The van der Waals surface area contributed by atoms with Crippen LogP contribution >= 0.6 is 0 Å². The minimum Gasteiger partial charge on any atom is -0.463 e. The molecule has 6 heteroatoms. The summed E-state index contributed by atoms with van der Waals surface area (Å²) in [5, 5.41) is 5.42. The third kappa shape index (κ3) is 6.54. The summed E-state index contributed by atoms with van der Waals surface area (Å²) in [6.45, 7) is 5.20. The zero-order chi connectivity index (χ0) is 20.5. The molecule has 0 aliphatic rings. The van der Waals surface area contributed by atoms with Crippen molar-refractivity contribution in [2.75, 3.05) is 6.54 Å². The van der Waals surface area contributed by atoms with Gasteiger partial charge in [-0.2, -0.15) is 0 Å². The van der Waals surface area contributed by atoms with E-state index in [1.807, 2.05) is 49.4 Å². The zero-order valence-corrected chi connectivity index (χ0v) is 16.4. The van der Waals surface area contributed by atoms with Gasteiger partial charge in [0.05, 0.1) is 25.1 Å². The third-order valence-electron chi connectivity index (χ3n) is 4.07.